The fraction of sp³-hybridized carbons (Fsp3) is 0.364. The molecular formula is C11H15N5O2. The van der Waals surface area contributed by atoms with Gasteiger partial charge in [-0.05, 0) is 20.2 Å². The van der Waals surface area contributed by atoms with E-state index in [2.05, 4.69) is 15.1 Å². The molecule has 0 aromatic carbocycles. The Morgan fingerprint density at radius 3 is 2.94 bits per heavy atom. The Kier molecular flexibility index (Phi) is 3.54. The third-order valence-electron chi connectivity index (χ3n) is 2.33. The van der Waals surface area contributed by atoms with Crippen molar-refractivity contribution in [2.45, 2.75) is 6.04 Å². The molecule has 2 aromatic rings. The van der Waals surface area contributed by atoms with Gasteiger partial charge in [0.25, 0.3) is 5.89 Å². The van der Waals surface area contributed by atoms with Gasteiger partial charge in [-0.15, -0.1) is 0 Å². The number of hydrogen-bond donors (Lipinski definition) is 2. The summed E-state index contributed by atoms with van der Waals surface area (Å²) in [6.45, 7) is 0.615. The molecule has 0 spiro atoms. The Bertz CT molecular complexity index is 575. The lowest BCUT2D eigenvalue weighted by Crippen LogP contribution is -2.26. The number of hydrogen-bond acceptors (Lipinski definition) is 6. The van der Waals surface area contributed by atoms with Crippen molar-refractivity contribution in [1.82, 2.24) is 20.0 Å². The molecule has 0 bridgehead atoms. The number of pyridine rings is 1. The van der Waals surface area contributed by atoms with E-state index >= 15 is 0 Å². The van der Waals surface area contributed by atoms with E-state index in [0.29, 0.717) is 18.1 Å². The Hall–Kier alpha value is -1.99. The minimum absolute atomic E-state index is 0.218. The van der Waals surface area contributed by atoms with Gasteiger partial charge in [-0.1, -0.05) is 11.2 Å². The van der Waals surface area contributed by atoms with E-state index in [9.17, 15) is 4.79 Å². The van der Waals surface area contributed by atoms with E-state index in [1.165, 1.54) is 6.07 Å². The van der Waals surface area contributed by atoms with Crippen molar-refractivity contribution in [3.8, 4) is 11.6 Å². The molecule has 0 saturated heterocycles. The van der Waals surface area contributed by atoms with Gasteiger partial charge in [-0.25, -0.2) is 0 Å². The lowest BCUT2D eigenvalue weighted by atomic mass is 10.3. The number of nitrogens with zero attached hydrogens (tertiary/aromatic N) is 3. The smallest absolute Gasteiger partial charge is 0.274 e. The van der Waals surface area contributed by atoms with E-state index in [-0.39, 0.29) is 17.5 Å². The maximum Gasteiger partial charge on any atom is 0.274 e. The lowest BCUT2D eigenvalue weighted by molar-refractivity contribution is 0.357. The summed E-state index contributed by atoms with van der Waals surface area (Å²) in [5.41, 5.74) is 6.19. The van der Waals surface area contributed by atoms with Crippen LogP contribution in [0.25, 0.3) is 11.6 Å². The van der Waals surface area contributed by atoms with Gasteiger partial charge in [0.1, 0.15) is 5.69 Å². The molecule has 18 heavy (non-hydrogen) atoms. The normalized spacial score (nSPS) is 12.9. The van der Waals surface area contributed by atoms with Crippen LogP contribution in [0.2, 0.25) is 0 Å². The van der Waals surface area contributed by atoms with Gasteiger partial charge in [0.2, 0.25) is 5.56 Å². The second-order valence-corrected chi connectivity index (χ2v) is 4.26. The molecule has 7 nitrogen and oxygen atoms in total. The van der Waals surface area contributed by atoms with Gasteiger partial charge in [-0.3, -0.25) is 4.79 Å². The quantitative estimate of drug-likeness (QED) is 0.790. The number of H-pyrrole nitrogens is 1. The second-order valence-electron chi connectivity index (χ2n) is 4.26. The average Bonchev–Trinajstić information content (AvgIpc) is 2.77. The minimum Gasteiger partial charge on any atom is -0.332 e. The predicted molar refractivity (Wildman–Crippen MR) is 65.8 cm³/mol. The second kappa shape index (κ2) is 5.11. The highest BCUT2D eigenvalue weighted by Gasteiger charge is 2.16. The first-order valence-corrected chi connectivity index (χ1v) is 5.50. The number of likely N-dealkylation sites (N-methyl/N-ethyl adjacent to an activating group) is 1. The highest BCUT2D eigenvalue weighted by molar-refractivity contribution is 5.45. The molecule has 2 rings (SSSR count). The van der Waals surface area contributed by atoms with Crippen LogP contribution in [0.4, 0.5) is 0 Å². The standard InChI is InChI=1S/C11H15N5O2/c1-16(2)6-7(12)10-14-11(18-15-10)8-4-3-5-9(17)13-8/h3-5,7H,6,12H2,1-2H3,(H,13,17). The predicted octanol–water partition coefficient (Wildman–Crippen LogP) is -0.0137. The summed E-state index contributed by atoms with van der Waals surface area (Å²) in [4.78, 5) is 19.9. The van der Waals surface area contributed by atoms with E-state index in [4.69, 9.17) is 10.3 Å². The summed E-state index contributed by atoms with van der Waals surface area (Å²) in [5, 5.41) is 3.82. The summed E-state index contributed by atoms with van der Waals surface area (Å²) >= 11 is 0. The molecule has 0 aliphatic rings. The van der Waals surface area contributed by atoms with Crippen LogP contribution >= 0.6 is 0 Å². The topological polar surface area (TPSA) is 101 Å². The molecule has 0 aliphatic carbocycles. The molecule has 96 valence electrons. The van der Waals surface area contributed by atoms with Crippen molar-refractivity contribution in [3.05, 3.63) is 34.4 Å². The maximum absolute atomic E-state index is 11.2. The highest BCUT2D eigenvalue weighted by atomic mass is 16.5. The Labute approximate surface area is 104 Å². The SMILES string of the molecule is CN(C)CC(N)c1noc(-c2cccc(=O)[nH]2)n1. The van der Waals surface area contributed by atoms with Crippen molar-refractivity contribution < 1.29 is 4.52 Å². The monoisotopic (exact) mass is 249 g/mol. The third-order valence-corrected chi connectivity index (χ3v) is 2.33. The molecule has 0 saturated carbocycles. The van der Waals surface area contributed by atoms with Crippen LogP contribution < -0.4 is 11.3 Å². The van der Waals surface area contributed by atoms with Crippen molar-refractivity contribution in [3.63, 3.8) is 0 Å². The maximum atomic E-state index is 11.2. The molecule has 3 N–H and O–H groups in total. The molecule has 2 heterocycles. The first-order chi connectivity index (χ1) is 8.56. The van der Waals surface area contributed by atoms with Gasteiger partial charge in [0, 0.05) is 12.6 Å². The van der Waals surface area contributed by atoms with Crippen molar-refractivity contribution in [2.24, 2.45) is 5.73 Å². The summed E-state index contributed by atoms with van der Waals surface area (Å²) in [6, 6.07) is 4.40. The number of nitrogens with one attached hydrogen (secondary N) is 1. The number of aromatic nitrogens is 3. The summed E-state index contributed by atoms with van der Waals surface area (Å²) in [7, 11) is 3.82. The van der Waals surface area contributed by atoms with Gasteiger partial charge >= 0.3 is 0 Å². The molecule has 0 amide bonds. The van der Waals surface area contributed by atoms with Crippen LogP contribution in [0, 0.1) is 0 Å². The summed E-state index contributed by atoms with van der Waals surface area (Å²) < 4.78 is 5.08. The summed E-state index contributed by atoms with van der Waals surface area (Å²) in [5.74, 6) is 0.681. The number of rotatable bonds is 4. The molecule has 1 atom stereocenters. The van der Waals surface area contributed by atoms with E-state index in [1.54, 1.807) is 12.1 Å². The van der Waals surface area contributed by atoms with Crippen LogP contribution in [-0.2, 0) is 0 Å². The zero-order valence-corrected chi connectivity index (χ0v) is 10.3. The fourth-order valence-electron chi connectivity index (χ4n) is 1.54. The van der Waals surface area contributed by atoms with Gasteiger partial charge < -0.3 is 20.1 Å². The molecule has 0 radical (unpaired) electrons. The van der Waals surface area contributed by atoms with Crippen molar-refractivity contribution >= 4 is 0 Å². The largest absolute Gasteiger partial charge is 0.332 e. The number of nitrogens with two attached hydrogens (primary N) is 1. The fourth-order valence-corrected chi connectivity index (χ4v) is 1.54. The van der Waals surface area contributed by atoms with Crippen LogP contribution in [0.5, 0.6) is 0 Å². The van der Waals surface area contributed by atoms with Gasteiger partial charge in [0.15, 0.2) is 5.82 Å². The lowest BCUT2D eigenvalue weighted by Gasteiger charge is -2.12. The van der Waals surface area contributed by atoms with Crippen molar-refractivity contribution in [2.75, 3.05) is 20.6 Å². The van der Waals surface area contributed by atoms with E-state index in [1.807, 2.05) is 19.0 Å². The highest BCUT2D eigenvalue weighted by Crippen LogP contribution is 2.15. The first kappa shape index (κ1) is 12.5. The molecule has 1 unspecified atom stereocenters. The van der Waals surface area contributed by atoms with Crippen LogP contribution in [0.1, 0.15) is 11.9 Å². The van der Waals surface area contributed by atoms with Crippen LogP contribution in [0.15, 0.2) is 27.5 Å². The Morgan fingerprint density at radius 1 is 1.50 bits per heavy atom. The molecular weight excluding hydrogens is 234 g/mol. The zero-order chi connectivity index (χ0) is 13.1. The molecule has 7 heteroatoms. The van der Waals surface area contributed by atoms with E-state index < -0.39 is 0 Å². The zero-order valence-electron chi connectivity index (χ0n) is 10.3. The van der Waals surface area contributed by atoms with Crippen LogP contribution in [0.3, 0.4) is 0 Å². The van der Waals surface area contributed by atoms with Gasteiger partial charge in [-0.2, -0.15) is 4.98 Å². The average molecular weight is 249 g/mol. The Morgan fingerprint density at radius 2 is 2.28 bits per heavy atom. The molecule has 2 aromatic heterocycles. The number of aromatic amines is 1. The third kappa shape index (κ3) is 2.82. The Balaban J connectivity index is 2.23. The summed E-state index contributed by atoms with van der Waals surface area (Å²) in [6.07, 6.45) is 0. The molecule has 0 fully saturated rings. The first-order valence-electron chi connectivity index (χ1n) is 5.50. The van der Waals surface area contributed by atoms with Gasteiger partial charge in [0.05, 0.1) is 6.04 Å². The van der Waals surface area contributed by atoms with E-state index in [0.717, 1.165) is 0 Å². The van der Waals surface area contributed by atoms with Crippen LogP contribution in [-0.4, -0.2) is 40.7 Å². The van der Waals surface area contributed by atoms with Crippen molar-refractivity contribution in [1.29, 1.82) is 0 Å². The minimum atomic E-state index is -0.326. The molecule has 0 aliphatic heterocycles.